The zero-order valence-corrected chi connectivity index (χ0v) is 40.3. The van der Waals surface area contributed by atoms with Crippen LogP contribution in [0.3, 0.4) is 0 Å². The van der Waals surface area contributed by atoms with Crippen molar-refractivity contribution in [3.63, 3.8) is 0 Å². The van der Waals surface area contributed by atoms with E-state index < -0.39 is 77.3 Å². The molecule has 16 nitrogen and oxygen atoms in total. The lowest BCUT2D eigenvalue weighted by atomic mass is 9.78. The number of aromatic nitrogens is 3. The lowest BCUT2D eigenvalue weighted by molar-refractivity contribution is -0.295. The molecule has 4 heterocycles. The number of Topliss-reactive ketones (excluding diaryl/α,β-unsaturated/α-hetero) is 1. The average molecular weight is 922 g/mol. The molecule has 364 valence electrons. The van der Waals surface area contributed by atoms with Crippen LogP contribution >= 0.6 is 0 Å². The Bertz CT molecular complexity index is 2110. The van der Waals surface area contributed by atoms with Crippen molar-refractivity contribution in [3.8, 4) is 11.3 Å². The van der Waals surface area contributed by atoms with Crippen molar-refractivity contribution in [2.75, 3.05) is 40.0 Å². The lowest BCUT2D eigenvalue weighted by Crippen LogP contribution is -2.62. The molecule has 6 rings (SSSR count). The van der Waals surface area contributed by atoms with Gasteiger partial charge in [-0.25, -0.2) is 14.0 Å². The van der Waals surface area contributed by atoms with E-state index >= 15 is 4.39 Å². The molecular formula is C49H72FN7O9. The maximum atomic E-state index is 17.3. The van der Waals surface area contributed by atoms with Crippen LogP contribution in [0.25, 0.3) is 11.3 Å². The van der Waals surface area contributed by atoms with Crippen molar-refractivity contribution in [2.45, 2.75) is 159 Å². The molecule has 3 aromatic rings. The van der Waals surface area contributed by atoms with Crippen molar-refractivity contribution in [1.29, 1.82) is 0 Å². The Morgan fingerprint density at radius 1 is 1.03 bits per heavy atom. The van der Waals surface area contributed by atoms with Gasteiger partial charge in [0.15, 0.2) is 17.7 Å². The number of methoxy groups -OCH3 is 1. The molecule has 66 heavy (non-hydrogen) atoms. The number of likely N-dealkylation sites (N-methyl/N-ethyl adjacent to an activating group) is 1. The number of hydrogen-bond acceptors (Lipinski definition) is 14. The molecule has 0 radical (unpaired) electrons. The molecule has 1 aromatic heterocycles. The number of hydrogen-bond donors (Lipinski definition) is 3. The fraction of sp³-hybridized carbons (Fsp3) is 0.653. The Labute approximate surface area is 389 Å². The van der Waals surface area contributed by atoms with E-state index in [0.29, 0.717) is 63.1 Å². The topological polar surface area (TPSA) is 193 Å². The normalized spacial score (nSPS) is 34.9. The molecule has 17 heteroatoms. The molecule has 3 unspecified atom stereocenters. The Morgan fingerprint density at radius 2 is 1.74 bits per heavy atom. The highest BCUT2D eigenvalue weighted by Gasteiger charge is 2.61. The van der Waals surface area contributed by atoms with Gasteiger partial charge in [0.2, 0.25) is 0 Å². The van der Waals surface area contributed by atoms with E-state index in [-0.39, 0.29) is 24.5 Å². The van der Waals surface area contributed by atoms with Gasteiger partial charge in [-0.1, -0.05) is 68.4 Å². The number of nitrogens with two attached hydrogens (primary N) is 1. The second kappa shape index (κ2) is 21.2. The van der Waals surface area contributed by atoms with Gasteiger partial charge in [0.25, 0.3) is 5.67 Å². The maximum absolute atomic E-state index is 17.3. The number of carbonyl (C=O) groups excluding carboxylic acids is 3. The fourth-order valence-corrected chi connectivity index (χ4v) is 10.3. The molecule has 4 N–H and O–H groups in total. The zero-order chi connectivity index (χ0) is 48.1. The number of carbonyl (C=O) groups is 3. The third-order valence-corrected chi connectivity index (χ3v) is 14.0. The van der Waals surface area contributed by atoms with Crippen LogP contribution in [-0.2, 0) is 46.2 Å². The van der Waals surface area contributed by atoms with Crippen molar-refractivity contribution in [1.82, 2.24) is 30.1 Å². The second-order valence-corrected chi connectivity index (χ2v) is 19.5. The number of halogens is 1. The molecule has 3 aliphatic rings. The SMILES string of the molecule is CC[C@H]1OC(=O)[C@@](C)(F)C(=O)[C@H](C)[C@@H](O[C@@H]2OC(C)CC(N(C)C)C2O)[C@](C)(OC)C[C@@H](C)CN[C@H](Cc2ccccc2)[C@H]2N(CCCCn3cc(-c4cccc(N)c4)nn3)C(=O)O[C@]12C. The number of cyclic esters (lactones) is 1. The number of aryl methyl sites for hydroxylation is 1. The first-order valence-corrected chi connectivity index (χ1v) is 23.4. The van der Waals surface area contributed by atoms with Gasteiger partial charge in [0.05, 0.1) is 30.0 Å². The Hall–Kier alpha value is -4.52. The zero-order valence-electron chi connectivity index (χ0n) is 40.3. The summed E-state index contributed by atoms with van der Waals surface area (Å²) >= 11 is 0. The number of nitrogens with one attached hydrogen (secondary N) is 1. The predicted octanol–water partition coefficient (Wildman–Crippen LogP) is 5.60. The summed E-state index contributed by atoms with van der Waals surface area (Å²) < 4.78 is 50.4. The molecule has 3 aliphatic heterocycles. The molecule has 0 aliphatic carbocycles. The molecule has 0 spiro atoms. The summed E-state index contributed by atoms with van der Waals surface area (Å²) in [6, 6.07) is 15.8. The monoisotopic (exact) mass is 922 g/mol. The minimum Gasteiger partial charge on any atom is -0.455 e. The number of alkyl halides is 1. The first-order chi connectivity index (χ1) is 31.2. The number of esters is 1. The van der Waals surface area contributed by atoms with Crippen LogP contribution in [0, 0.1) is 11.8 Å². The number of fused-ring (bicyclic) bond motifs is 1. The highest BCUT2D eigenvalue weighted by molar-refractivity contribution is 6.07. The van der Waals surface area contributed by atoms with E-state index in [2.05, 4.69) is 15.6 Å². The van der Waals surface area contributed by atoms with E-state index in [1.165, 1.54) is 14.0 Å². The van der Waals surface area contributed by atoms with Crippen LogP contribution in [0.5, 0.6) is 0 Å². The standard InChI is InChI=1S/C49H72FN7O9/c1-11-39-49(7)41(57(46(61)66-49)23-16-15-22-56-29-37(53-54-56)34-20-17-21-35(51)26-34)36(25-33-18-13-12-14-19-33)52-28-30(2)27-47(5,62-10)43(32(4)42(59)48(6,50)45(60)64-39)65-44-40(58)38(55(8)9)24-31(3)63-44/h12-14,17-21,26,29-32,36,38-41,43-44,52,58H,11,15-16,22-25,27-28,51H2,1-10H3/t30-,31?,32+,36-,38?,39-,40?,41-,43-,44+,47-,48+,49-/m1/s1. The number of aliphatic hydroxyl groups is 1. The molecule has 3 fully saturated rings. The largest absolute Gasteiger partial charge is 0.455 e. The van der Waals surface area contributed by atoms with Crippen LogP contribution in [0.1, 0.15) is 86.1 Å². The quantitative estimate of drug-likeness (QED) is 0.0831. The number of aliphatic hydroxyl groups excluding tert-OH is 1. The van der Waals surface area contributed by atoms with Crippen LogP contribution in [-0.4, -0.2) is 148 Å². The molecular weight excluding hydrogens is 850 g/mol. The summed E-state index contributed by atoms with van der Waals surface area (Å²) in [7, 11) is 5.22. The molecule has 2 aromatic carbocycles. The van der Waals surface area contributed by atoms with Gasteiger partial charge in [0, 0.05) is 49.5 Å². The van der Waals surface area contributed by atoms with E-state index in [0.717, 1.165) is 18.1 Å². The van der Waals surface area contributed by atoms with Gasteiger partial charge in [-0.2, -0.15) is 0 Å². The van der Waals surface area contributed by atoms with Crippen LogP contribution in [0.4, 0.5) is 14.9 Å². The van der Waals surface area contributed by atoms with Crippen molar-refractivity contribution in [2.24, 2.45) is 11.8 Å². The van der Waals surface area contributed by atoms with E-state index in [1.807, 2.05) is 93.6 Å². The lowest BCUT2D eigenvalue weighted by Gasteiger charge is -2.47. The number of amides is 1. The number of nitrogens with zero attached hydrogens (tertiary/aromatic N) is 5. The minimum absolute atomic E-state index is 0.144. The Balaban J connectivity index is 1.34. The summed E-state index contributed by atoms with van der Waals surface area (Å²) in [5.74, 6) is -3.94. The van der Waals surface area contributed by atoms with Gasteiger partial charge in [0.1, 0.15) is 17.9 Å². The number of unbranched alkanes of at least 4 members (excludes halogenated alkanes) is 1. The summed E-state index contributed by atoms with van der Waals surface area (Å²) in [4.78, 5) is 46.6. The molecule has 0 saturated carbocycles. The van der Waals surface area contributed by atoms with Gasteiger partial charge in [-0.3, -0.25) is 14.4 Å². The third-order valence-electron chi connectivity index (χ3n) is 14.0. The first-order valence-electron chi connectivity index (χ1n) is 23.4. The average Bonchev–Trinajstić information content (AvgIpc) is 3.86. The summed E-state index contributed by atoms with van der Waals surface area (Å²) in [6.07, 6.45) is -1.01. The Morgan fingerprint density at radius 3 is 2.41 bits per heavy atom. The molecule has 0 bridgehead atoms. The smallest absolute Gasteiger partial charge is 0.410 e. The number of benzene rings is 2. The van der Waals surface area contributed by atoms with Crippen molar-refractivity contribution < 1.29 is 47.6 Å². The highest BCUT2D eigenvalue weighted by atomic mass is 19.1. The second-order valence-electron chi connectivity index (χ2n) is 19.5. The molecule has 3 saturated heterocycles. The number of rotatable bonds is 13. The fourth-order valence-electron chi connectivity index (χ4n) is 10.3. The number of nitrogen functional groups attached to an aromatic ring is 1. The maximum Gasteiger partial charge on any atom is 0.410 e. The molecule has 13 atom stereocenters. The number of anilines is 1. The van der Waals surface area contributed by atoms with E-state index in [9.17, 15) is 19.5 Å². The van der Waals surface area contributed by atoms with Crippen LogP contribution in [0.2, 0.25) is 0 Å². The van der Waals surface area contributed by atoms with Crippen LogP contribution in [0.15, 0.2) is 60.8 Å². The number of ether oxygens (including phenoxy) is 5. The summed E-state index contributed by atoms with van der Waals surface area (Å²) in [6.45, 7) is 12.9. The van der Waals surface area contributed by atoms with E-state index in [4.69, 9.17) is 29.4 Å². The Kier molecular flexibility index (Phi) is 16.3. The van der Waals surface area contributed by atoms with Gasteiger partial charge in [-0.05, 0) is 110 Å². The summed E-state index contributed by atoms with van der Waals surface area (Å²) in [5.41, 5.74) is 3.26. The van der Waals surface area contributed by atoms with Crippen molar-refractivity contribution >= 4 is 23.5 Å². The highest BCUT2D eigenvalue weighted by Crippen LogP contribution is 2.41. The van der Waals surface area contributed by atoms with Gasteiger partial charge >= 0.3 is 12.1 Å². The minimum atomic E-state index is -3.16. The molecule has 1 amide bonds. The van der Waals surface area contributed by atoms with Gasteiger partial charge < -0.3 is 44.7 Å². The van der Waals surface area contributed by atoms with Crippen molar-refractivity contribution in [3.05, 3.63) is 66.4 Å². The predicted molar refractivity (Wildman–Crippen MR) is 247 cm³/mol. The first kappa shape index (κ1) is 50.9. The summed E-state index contributed by atoms with van der Waals surface area (Å²) in [5, 5.41) is 24.0. The van der Waals surface area contributed by atoms with E-state index in [1.54, 1.807) is 30.4 Å². The van der Waals surface area contributed by atoms with Gasteiger partial charge in [-0.15, -0.1) is 5.10 Å². The number of ketones is 1. The van der Waals surface area contributed by atoms with Crippen LogP contribution < -0.4 is 11.1 Å². The third kappa shape index (κ3) is 11.1.